The first kappa shape index (κ1) is 12.5. The maximum atomic E-state index is 9.60. The Balaban J connectivity index is 2.28. The fraction of sp³-hybridized carbons (Fsp3) is 0.833. The highest BCUT2D eigenvalue weighted by molar-refractivity contribution is 5.04. The Hall–Kier alpha value is -0.940. The largest absolute Gasteiger partial charge is 0.391 e. The third-order valence-electron chi connectivity index (χ3n) is 3.65. The van der Waals surface area contributed by atoms with Gasteiger partial charge in [0.05, 0.1) is 12.1 Å². The fourth-order valence-corrected chi connectivity index (χ4v) is 2.62. The van der Waals surface area contributed by atoms with Crippen molar-refractivity contribution in [2.24, 2.45) is 5.73 Å². The molecule has 2 atom stereocenters. The van der Waals surface area contributed by atoms with Crippen molar-refractivity contribution in [3.05, 3.63) is 11.6 Å². The Morgan fingerprint density at radius 1 is 1.29 bits per heavy atom. The number of hydrogen-bond acceptors (Lipinski definition) is 4. The summed E-state index contributed by atoms with van der Waals surface area (Å²) in [7, 11) is 0. The zero-order chi connectivity index (χ0) is 12.4. The number of aryl methyl sites for hydroxylation is 1. The highest BCUT2D eigenvalue weighted by Gasteiger charge is 2.25. The maximum Gasteiger partial charge on any atom is 0.152 e. The summed E-state index contributed by atoms with van der Waals surface area (Å²) in [5, 5.41) is 17.9. The van der Waals surface area contributed by atoms with E-state index in [9.17, 15) is 5.11 Å². The monoisotopic (exact) mass is 238 g/mol. The summed E-state index contributed by atoms with van der Waals surface area (Å²) in [5.41, 5.74) is 5.99. The van der Waals surface area contributed by atoms with Crippen LogP contribution in [0.4, 0.5) is 0 Å². The van der Waals surface area contributed by atoms with Gasteiger partial charge in [0.1, 0.15) is 5.82 Å². The van der Waals surface area contributed by atoms with E-state index in [0.717, 1.165) is 11.6 Å². The molecule has 1 aliphatic carbocycles. The molecule has 2 rings (SSSR count). The average Bonchev–Trinajstić information content (AvgIpc) is 2.71. The zero-order valence-electron chi connectivity index (χ0n) is 10.6. The molecule has 1 saturated carbocycles. The van der Waals surface area contributed by atoms with E-state index in [0.29, 0.717) is 6.04 Å². The van der Waals surface area contributed by atoms with Crippen LogP contribution in [0.25, 0.3) is 0 Å². The predicted molar refractivity (Wildman–Crippen MR) is 65.5 cm³/mol. The van der Waals surface area contributed by atoms with Gasteiger partial charge in [-0.05, 0) is 26.7 Å². The first-order valence-corrected chi connectivity index (χ1v) is 6.46. The van der Waals surface area contributed by atoms with Crippen LogP contribution in [-0.4, -0.2) is 26.0 Å². The van der Waals surface area contributed by atoms with Crippen LogP contribution in [0.15, 0.2) is 0 Å². The number of aliphatic hydroxyl groups is 1. The summed E-state index contributed by atoms with van der Waals surface area (Å²) in [5.74, 6) is 1.63. The molecule has 0 saturated heterocycles. The molecule has 0 aliphatic heterocycles. The highest BCUT2D eigenvalue weighted by atomic mass is 16.3. The molecule has 5 nitrogen and oxygen atoms in total. The van der Waals surface area contributed by atoms with Gasteiger partial charge in [-0.25, -0.2) is 0 Å². The first-order chi connectivity index (χ1) is 8.11. The molecule has 17 heavy (non-hydrogen) atoms. The van der Waals surface area contributed by atoms with Crippen molar-refractivity contribution >= 4 is 0 Å². The van der Waals surface area contributed by atoms with Crippen molar-refractivity contribution in [2.75, 3.05) is 0 Å². The smallest absolute Gasteiger partial charge is 0.152 e. The van der Waals surface area contributed by atoms with Crippen molar-refractivity contribution in [3.63, 3.8) is 0 Å². The Kier molecular flexibility index (Phi) is 3.79. The molecular formula is C12H22N4O. The minimum Gasteiger partial charge on any atom is -0.391 e. The van der Waals surface area contributed by atoms with Crippen molar-refractivity contribution in [2.45, 2.75) is 64.1 Å². The van der Waals surface area contributed by atoms with Gasteiger partial charge >= 0.3 is 0 Å². The van der Waals surface area contributed by atoms with Crippen LogP contribution in [-0.2, 0) is 0 Å². The number of rotatable bonds is 3. The lowest BCUT2D eigenvalue weighted by atomic mass is 9.95. The summed E-state index contributed by atoms with van der Waals surface area (Å²) in [6.45, 7) is 3.65. The SMILES string of the molecule is Cc1nnc([C@@H](N)[C@@H](C)O)n1C1CCCCC1. The molecule has 1 aliphatic rings. The molecule has 96 valence electrons. The van der Waals surface area contributed by atoms with Crippen LogP contribution in [0, 0.1) is 6.92 Å². The average molecular weight is 238 g/mol. The third-order valence-corrected chi connectivity index (χ3v) is 3.65. The molecule has 5 heteroatoms. The van der Waals surface area contributed by atoms with E-state index in [1.54, 1.807) is 6.92 Å². The van der Waals surface area contributed by atoms with Gasteiger partial charge in [0.25, 0.3) is 0 Å². The fourth-order valence-electron chi connectivity index (χ4n) is 2.62. The van der Waals surface area contributed by atoms with Crippen molar-refractivity contribution < 1.29 is 5.11 Å². The Morgan fingerprint density at radius 3 is 2.53 bits per heavy atom. The van der Waals surface area contributed by atoms with Crippen molar-refractivity contribution in [3.8, 4) is 0 Å². The van der Waals surface area contributed by atoms with Crippen LogP contribution in [0.2, 0.25) is 0 Å². The van der Waals surface area contributed by atoms with E-state index in [1.807, 2.05) is 6.92 Å². The van der Waals surface area contributed by atoms with Crippen LogP contribution in [0.5, 0.6) is 0 Å². The van der Waals surface area contributed by atoms with Gasteiger partial charge in [0, 0.05) is 6.04 Å². The second-order valence-electron chi connectivity index (χ2n) is 5.03. The van der Waals surface area contributed by atoms with Gasteiger partial charge in [-0.1, -0.05) is 19.3 Å². The molecule has 0 bridgehead atoms. The summed E-state index contributed by atoms with van der Waals surface area (Å²) in [6, 6.07) is 0.0108. The molecule has 3 N–H and O–H groups in total. The van der Waals surface area contributed by atoms with Gasteiger partial charge in [-0.3, -0.25) is 0 Å². The number of nitrogens with two attached hydrogens (primary N) is 1. The standard InChI is InChI=1S/C12H22N4O/c1-8(17)11(13)12-15-14-9(2)16(12)10-6-4-3-5-7-10/h8,10-11,17H,3-7,13H2,1-2H3/t8-,11+/m1/s1. The number of aliphatic hydroxyl groups excluding tert-OH is 1. The van der Waals surface area contributed by atoms with Crippen molar-refractivity contribution in [1.29, 1.82) is 0 Å². The van der Waals surface area contributed by atoms with Crippen LogP contribution in [0.3, 0.4) is 0 Å². The Bertz CT molecular complexity index is 369. The third kappa shape index (κ3) is 2.50. The lowest BCUT2D eigenvalue weighted by Gasteiger charge is -2.27. The van der Waals surface area contributed by atoms with E-state index in [1.165, 1.54) is 32.1 Å². The molecule has 0 unspecified atom stereocenters. The van der Waals surface area contributed by atoms with Gasteiger partial charge in [0.15, 0.2) is 5.82 Å². The molecule has 1 aromatic rings. The highest BCUT2D eigenvalue weighted by Crippen LogP contribution is 2.31. The lowest BCUT2D eigenvalue weighted by molar-refractivity contribution is 0.156. The summed E-state index contributed by atoms with van der Waals surface area (Å²) < 4.78 is 2.14. The zero-order valence-corrected chi connectivity index (χ0v) is 10.6. The van der Waals surface area contributed by atoms with E-state index < -0.39 is 12.1 Å². The summed E-state index contributed by atoms with van der Waals surface area (Å²) >= 11 is 0. The number of aromatic nitrogens is 3. The van der Waals surface area contributed by atoms with E-state index in [4.69, 9.17) is 5.73 Å². The number of nitrogens with zero attached hydrogens (tertiary/aromatic N) is 3. The molecular weight excluding hydrogens is 216 g/mol. The molecule has 1 heterocycles. The minimum atomic E-state index is -0.596. The second kappa shape index (κ2) is 5.14. The molecule has 0 radical (unpaired) electrons. The summed E-state index contributed by atoms with van der Waals surface area (Å²) in [4.78, 5) is 0. The molecule has 0 spiro atoms. The maximum absolute atomic E-state index is 9.60. The number of hydrogen-bond donors (Lipinski definition) is 2. The van der Waals surface area contributed by atoms with E-state index in [-0.39, 0.29) is 0 Å². The quantitative estimate of drug-likeness (QED) is 0.836. The van der Waals surface area contributed by atoms with Gasteiger partial charge in [0.2, 0.25) is 0 Å². The molecule has 0 aromatic carbocycles. The van der Waals surface area contributed by atoms with Crippen molar-refractivity contribution in [1.82, 2.24) is 14.8 Å². The summed E-state index contributed by atoms with van der Waals surface area (Å²) in [6.07, 6.45) is 5.56. The van der Waals surface area contributed by atoms with Crippen LogP contribution < -0.4 is 5.73 Å². The van der Waals surface area contributed by atoms with Gasteiger partial charge in [-0.2, -0.15) is 0 Å². The first-order valence-electron chi connectivity index (χ1n) is 6.46. The topological polar surface area (TPSA) is 77.0 Å². The van der Waals surface area contributed by atoms with Crippen LogP contribution in [0.1, 0.15) is 62.8 Å². The molecule has 0 amide bonds. The lowest BCUT2D eigenvalue weighted by Crippen LogP contribution is -2.29. The Labute approximate surface area is 102 Å². The second-order valence-corrected chi connectivity index (χ2v) is 5.03. The predicted octanol–water partition coefficient (Wildman–Crippen LogP) is 1.47. The van der Waals surface area contributed by atoms with E-state index in [2.05, 4.69) is 14.8 Å². The minimum absolute atomic E-state index is 0.446. The van der Waals surface area contributed by atoms with Crippen LogP contribution >= 0.6 is 0 Å². The molecule has 1 fully saturated rings. The van der Waals surface area contributed by atoms with Gasteiger partial charge in [-0.15, -0.1) is 10.2 Å². The Morgan fingerprint density at radius 2 is 1.94 bits per heavy atom. The normalized spacial score (nSPS) is 21.4. The van der Waals surface area contributed by atoms with E-state index >= 15 is 0 Å². The van der Waals surface area contributed by atoms with Gasteiger partial charge < -0.3 is 15.4 Å². The molecule has 1 aromatic heterocycles.